The average molecular weight is 340 g/mol. The Balaban J connectivity index is 2.04. The molecule has 134 valence electrons. The molecule has 0 heterocycles. The van der Waals surface area contributed by atoms with E-state index in [-0.39, 0.29) is 11.9 Å². The Labute approximate surface area is 150 Å². The number of carbonyl (C=O) groups excluding carboxylic acids is 1. The second-order valence-corrected chi connectivity index (χ2v) is 6.10. The highest BCUT2D eigenvalue weighted by Crippen LogP contribution is 2.20. The van der Waals surface area contributed by atoms with E-state index in [0.717, 1.165) is 29.8 Å². The molecule has 2 aromatic carbocycles. The Morgan fingerprint density at radius 1 is 1.12 bits per heavy atom. The molecule has 0 saturated carbocycles. The summed E-state index contributed by atoms with van der Waals surface area (Å²) in [6.45, 7) is 6.12. The first-order valence-electron chi connectivity index (χ1n) is 8.90. The van der Waals surface area contributed by atoms with E-state index in [1.807, 2.05) is 66.5 Å². The summed E-state index contributed by atoms with van der Waals surface area (Å²) in [7, 11) is 1.97. The molecule has 0 aliphatic rings. The van der Waals surface area contributed by atoms with Gasteiger partial charge in [0, 0.05) is 6.54 Å². The van der Waals surface area contributed by atoms with E-state index in [1.165, 1.54) is 0 Å². The molecule has 0 aromatic heterocycles. The zero-order valence-electron chi connectivity index (χ0n) is 15.4. The fraction of sp³-hybridized carbons (Fsp3) is 0.381. The van der Waals surface area contributed by atoms with E-state index in [0.29, 0.717) is 13.2 Å². The van der Waals surface area contributed by atoms with Crippen LogP contribution in [0, 0.1) is 0 Å². The number of ether oxygens (including phenoxy) is 1. The van der Waals surface area contributed by atoms with Crippen LogP contribution in [0.2, 0.25) is 0 Å². The molecule has 4 nitrogen and oxygen atoms in total. The van der Waals surface area contributed by atoms with Crippen LogP contribution < -0.4 is 10.1 Å². The first kappa shape index (κ1) is 19.0. The lowest BCUT2D eigenvalue weighted by molar-refractivity contribution is -0.126. The molecule has 2 rings (SSSR count). The van der Waals surface area contributed by atoms with Gasteiger partial charge < -0.3 is 10.1 Å². The van der Waals surface area contributed by atoms with Crippen molar-refractivity contribution in [2.75, 3.05) is 20.2 Å². The van der Waals surface area contributed by atoms with Crippen LogP contribution in [0.3, 0.4) is 0 Å². The summed E-state index contributed by atoms with van der Waals surface area (Å²) in [4.78, 5) is 14.8. The Morgan fingerprint density at radius 2 is 1.88 bits per heavy atom. The van der Waals surface area contributed by atoms with Gasteiger partial charge in [-0.2, -0.15) is 0 Å². The van der Waals surface area contributed by atoms with E-state index in [9.17, 15) is 4.79 Å². The number of hydrogen-bond donors (Lipinski definition) is 1. The topological polar surface area (TPSA) is 41.6 Å². The van der Waals surface area contributed by atoms with Crippen molar-refractivity contribution in [3.05, 3.63) is 65.7 Å². The van der Waals surface area contributed by atoms with Crippen LogP contribution in [0.15, 0.2) is 54.6 Å². The van der Waals surface area contributed by atoms with Gasteiger partial charge in [0.2, 0.25) is 5.91 Å². The lowest BCUT2D eigenvalue weighted by atomic mass is 10.0. The molecule has 0 aliphatic carbocycles. The van der Waals surface area contributed by atoms with Crippen molar-refractivity contribution in [3.63, 3.8) is 0 Å². The maximum atomic E-state index is 12.8. The summed E-state index contributed by atoms with van der Waals surface area (Å²) in [6, 6.07) is 17.5. The molecular weight excluding hydrogens is 312 g/mol. The van der Waals surface area contributed by atoms with Gasteiger partial charge in [0.15, 0.2) is 0 Å². The number of likely N-dealkylation sites (N-methyl/N-ethyl adjacent to an activating group) is 1. The number of nitrogens with one attached hydrogen (secondary N) is 1. The Bertz CT molecular complexity index is 658. The molecule has 0 radical (unpaired) electrons. The fourth-order valence-corrected chi connectivity index (χ4v) is 2.67. The molecule has 0 spiro atoms. The highest BCUT2D eigenvalue weighted by molar-refractivity contribution is 5.83. The maximum Gasteiger partial charge on any atom is 0.242 e. The highest BCUT2D eigenvalue weighted by atomic mass is 16.5. The highest BCUT2D eigenvalue weighted by Gasteiger charge is 2.23. The number of carbonyl (C=O) groups is 1. The van der Waals surface area contributed by atoms with Crippen molar-refractivity contribution < 1.29 is 9.53 Å². The van der Waals surface area contributed by atoms with Crippen molar-refractivity contribution in [2.45, 2.75) is 32.9 Å². The van der Waals surface area contributed by atoms with Crippen molar-refractivity contribution in [1.82, 2.24) is 10.2 Å². The number of rotatable bonds is 9. The third-order valence-corrected chi connectivity index (χ3v) is 4.14. The monoisotopic (exact) mass is 340 g/mol. The number of nitrogens with zero attached hydrogens (tertiary/aromatic N) is 1. The number of amides is 1. The minimum atomic E-state index is -0.286. The van der Waals surface area contributed by atoms with Gasteiger partial charge in [-0.25, -0.2) is 0 Å². The fourth-order valence-electron chi connectivity index (χ4n) is 2.67. The summed E-state index contributed by atoms with van der Waals surface area (Å²) < 4.78 is 5.65. The molecule has 0 saturated heterocycles. The lowest BCUT2D eigenvalue weighted by Gasteiger charge is -2.26. The quantitative estimate of drug-likeness (QED) is 0.755. The molecule has 1 unspecified atom stereocenters. The molecule has 1 amide bonds. The van der Waals surface area contributed by atoms with Gasteiger partial charge >= 0.3 is 0 Å². The van der Waals surface area contributed by atoms with Crippen LogP contribution in [0.25, 0.3) is 0 Å². The Morgan fingerprint density at radius 3 is 2.56 bits per heavy atom. The summed E-state index contributed by atoms with van der Waals surface area (Å²) in [5.41, 5.74) is 2.04. The van der Waals surface area contributed by atoms with Gasteiger partial charge in [-0.15, -0.1) is 0 Å². The largest absolute Gasteiger partial charge is 0.494 e. The molecule has 1 atom stereocenters. The van der Waals surface area contributed by atoms with E-state index in [1.54, 1.807) is 0 Å². The van der Waals surface area contributed by atoms with E-state index in [4.69, 9.17) is 4.74 Å². The van der Waals surface area contributed by atoms with Gasteiger partial charge in [-0.1, -0.05) is 56.3 Å². The number of benzene rings is 2. The predicted molar refractivity (Wildman–Crippen MR) is 102 cm³/mol. The summed E-state index contributed by atoms with van der Waals surface area (Å²) in [5.74, 6) is 0.856. The van der Waals surface area contributed by atoms with Crippen molar-refractivity contribution in [1.29, 1.82) is 0 Å². The minimum Gasteiger partial charge on any atom is -0.494 e. The standard InChI is InChI=1S/C21H28N2O2/c1-4-14-25-19-13-9-10-17(15-19)16-22-21(24)20(23(3)5-2)18-11-7-6-8-12-18/h6-13,15,20H,4-5,14,16H2,1-3H3,(H,22,24). The normalized spacial score (nSPS) is 12.0. The zero-order chi connectivity index (χ0) is 18.1. The van der Waals surface area contributed by atoms with Gasteiger partial charge in [0.05, 0.1) is 6.61 Å². The van der Waals surface area contributed by atoms with Gasteiger partial charge in [-0.05, 0) is 43.3 Å². The van der Waals surface area contributed by atoms with E-state index < -0.39 is 0 Å². The van der Waals surface area contributed by atoms with Crippen molar-refractivity contribution >= 4 is 5.91 Å². The van der Waals surface area contributed by atoms with Crippen LogP contribution in [-0.2, 0) is 11.3 Å². The van der Waals surface area contributed by atoms with Crippen LogP contribution >= 0.6 is 0 Å². The number of hydrogen-bond acceptors (Lipinski definition) is 3. The maximum absolute atomic E-state index is 12.8. The predicted octanol–water partition coefficient (Wildman–Crippen LogP) is 3.78. The third kappa shape index (κ3) is 5.61. The van der Waals surface area contributed by atoms with Crippen LogP contribution in [0.1, 0.15) is 37.4 Å². The summed E-state index contributed by atoms with van der Waals surface area (Å²) in [5, 5.41) is 3.06. The van der Waals surface area contributed by atoms with E-state index in [2.05, 4.69) is 19.2 Å². The lowest BCUT2D eigenvalue weighted by Crippen LogP contribution is -2.38. The Hall–Kier alpha value is -2.33. The van der Waals surface area contributed by atoms with Gasteiger partial charge in [0.1, 0.15) is 11.8 Å². The zero-order valence-corrected chi connectivity index (χ0v) is 15.4. The Kier molecular flexibility index (Phi) is 7.48. The summed E-state index contributed by atoms with van der Waals surface area (Å²) >= 11 is 0. The molecule has 1 N–H and O–H groups in total. The second-order valence-electron chi connectivity index (χ2n) is 6.10. The van der Waals surface area contributed by atoms with Crippen LogP contribution in [0.4, 0.5) is 0 Å². The summed E-state index contributed by atoms with van der Waals surface area (Å²) in [6.07, 6.45) is 0.975. The molecule has 0 bridgehead atoms. The smallest absolute Gasteiger partial charge is 0.242 e. The first-order chi connectivity index (χ1) is 12.2. The van der Waals surface area contributed by atoms with Crippen molar-refractivity contribution in [3.8, 4) is 5.75 Å². The molecule has 0 fully saturated rings. The van der Waals surface area contributed by atoms with Crippen molar-refractivity contribution in [2.24, 2.45) is 0 Å². The van der Waals surface area contributed by atoms with Crippen LogP contribution in [-0.4, -0.2) is 31.0 Å². The first-order valence-corrected chi connectivity index (χ1v) is 8.90. The third-order valence-electron chi connectivity index (χ3n) is 4.14. The van der Waals surface area contributed by atoms with Gasteiger partial charge in [-0.3, -0.25) is 9.69 Å². The molecule has 4 heteroatoms. The molecule has 0 aliphatic heterocycles. The minimum absolute atomic E-state index is 0.00966. The van der Waals surface area contributed by atoms with E-state index >= 15 is 0 Å². The SMILES string of the molecule is CCCOc1cccc(CNC(=O)C(c2ccccc2)N(C)CC)c1. The van der Waals surface area contributed by atoms with Gasteiger partial charge in [0.25, 0.3) is 0 Å². The molecule has 25 heavy (non-hydrogen) atoms. The second kappa shape index (κ2) is 9.84. The molecular formula is C21H28N2O2. The average Bonchev–Trinajstić information content (AvgIpc) is 2.66. The molecule has 2 aromatic rings. The van der Waals surface area contributed by atoms with Crippen LogP contribution in [0.5, 0.6) is 5.75 Å².